The zero-order valence-corrected chi connectivity index (χ0v) is 15.3. The van der Waals surface area contributed by atoms with Gasteiger partial charge in [-0.05, 0) is 18.2 Å². The zero-order chi connectivity index (χ0) is 20.0. The van der Waals surface area contributed by atoms with Gasteiger partial charge in [0.25, 0.3) is 0 Å². The molecular weight excluding hydrogens is 380 g/mol. The molecule has 7 nitrogen and oxygen atoms in total. The van der Waals surface area contributed by atoms with Crippen molar-refractivity contribution in [2.24, 2.45) is 11.8 Å². The fourth-order valence-electron chi connectivity index (χ4n) is 4.20. The standard InChI is InChI=1S/C20H17F2N5O2/c21-14-1-2-17(16(22)5-14)27-4-3-15-19(27)24-11-25-20(15)29-18-12-6-26(10-23)7-13(18)9-28-8-12/h1-5,11-13,18H,6-9H2. The molecule has 0 saturated carbocycles. The Morgan fingerprint density at radius 3 is 2.66 bits per heavy atom. The molecule has 2 unspecified atom stereocenters. The van der Waals surface area contributed by atoms with E-state index in [4.69, 9.17) is 9.47 Å². The van der Waals surface area contributed by atoms with Gasteiger partial charge in [0.1, 0.15) is 24.1 Å². The Bertz CT molecular complexity index is 1100. The van der Waals surface area contributed by atoms with Crippen LogP contribution in [-0.4, -0.2) is 51.8 Å². The highest BCUT2D eigenvalue weighted by Gasteiger charge is 2.42. The highest BCUT2D eigenvalue weighted by molar-refractivity contribution is 5.82. The van der Waals surface area contributed by atoms with Gasteiger partial charge in [-0.2, -0.15) is 5.26 Å². The van der Waals surface area contributed by atoms with E-state index in [0.717, 1.165) is 6.07 Å². The molecule has 2 aliphatic rings. The number of likely N-dealkylation sites (tertiary alicyclic amines) is 1. The largest absolute Gasteiger partial charge is 0.473 e. The molecule has 0 spiro atoms. The number of hydrogen-bond donors (Lipinski definition) is 0. The van der Waals surface area contributed by atoms with Gasteiger partial charge in [0.15, 0.2) is 11.8 Å². The van der Waals surface area contributed by atoms with Crippen molar-refractivity contribution in [3.63, 3.8) is 0 Å². The molecule has 2 fully saturated rings. The molecule has 2 atom stereocenters. The maximum absolute atomic E-state index is 14.3. The summed E-state index contributed by atoms with van der Waals surface area (Å²) in [4.78, 5) is 10.3. The van der Waals surface area contributed by atoms with Crippen molar-refractivity contribution in [2.45, 2.75) is 6.10 Å². The summed E-state index contributed by atoms with van der Waals surface area (Å²) in [7, 11) is 0. The molecule has 1 aromatic carbocycles. The molecule has 0 N–H and O–H groups in total. The summed E-state index contributed by atoms with van der Waals surface area (Å²) in [5, 5.41) is 9.87. The summed E-state index contributed by atoms with van der Waals surface area (Å²) in [6, 6.07) is 5.16. The maximum Gasteiger partial charge on any atom is 0.226 e. The number of ether oxygens (including phenoxy) is 2. The monoisotopic (exact) mass is 397 g/mol. The minimum Gasteiger partial charge on any atom is -0.473 e. The molecule has 0 amide bonds. The van der Waals surface area contributed by atoms with Gasteiger partial charge >= 0.3 is 0 Å². The van der Waals surface area contributed by atoms with Gasteiger partial charge < -0.3 is 14.4 Å². The minimum atomic E-state index is -0.681. The number of piperidine rings is 1. The van der Waals surface area contributed by atoms with Gasteiger partial charge in [-0.25, -0.2) is 18.7 Å². The third-order valence-corrected chi connectivity index (χ3v) is 5.51. The van der Waals surface area contributed by atoms with Crippen LogP contribution in [-0.2, 0) is 4.74 Å². The lowest BCUT2D eigenvalue weighted by molar-refractivity contribution is -0.104. The third-order valence-electron chi connectivity index (χ3n) is 5.51. The molecule has 29 heavy (non-hydrogen) atoms. The highest BCUT2D eigenvalue weighted by Crippen LogP contribution is 2.33. The van der Waals surface area contributed by atoms with Crippen LogP contribution in [0.1, 0.15) is 0 Å². The molecule has 2 bridgehead atoms. The Balaban J connectivity index is 1.49. The number of aromatic nitrogens is 3. The van der Waals surface area contributed by atoms with Crippen LogP contribution in [0.4, 0.5) is 8.78 Å². The summed E-state index contributed by atoms with van der Waals surface area (Å²) < 4.78 is 41.0. The summed E-state index contributed by atoms with van der Waals surface area (Å²) in [5.41, 5.74) is 0.662. The smallest absolute Gasteiger partial charge is 0.226 e. The Labute approximate surface area is 165 Å². The van der Waals surface area contributed by atoms with Crippen LogP contribution in [0.2, 0.25) is 0 Å². The second kappa shape index (κ2) is 6.97. The van der Waals surface area contributed by atoms with Crippen LogP contribution in [0.25, 0.3) is 16.7 Å². The van der Waals surface area contributed by atoms with Crippen molar-refractivity contribution in [1.82, 2.24) is 19.4 Å². The molecule has 0 aliphatic carbocycles. The number of nitrogens with zero attached hydrogens (tertiary/aromatic N) is 5. The number of nitriles is 1. The fourth-order valence-corrected chi connectivity index (χ4v) is 4.20. The Morgan fingerprint density at radius 2 is 1.93 bits per heavy atom. The molecular formula is C20H17F2N5O2. The average molecular weight is 397 g/mol. The van der Waals surface area contributed by atoms with E-state index in [1.54, 1.807) is 21.7 Å². The summed E-state index contributed by atoms with van der Waals surface area (Å²) in [6.45, 7) is 2.20. The first-order valence-electron chi connectivity index (χ1n) is 9.30. The molecule has 5 rings (SSSR count). The van der Waals surface area contributed by atoms with Gasteiger partial charge in [-0.15, -0.1) is 0 Å². The third kappa shape index (κ3) is 3.06. The molecule has 9 heteroatoms. The molecule has 0 radical (unpaired) electrons. The first-order chi connectivity index (χ1) is 14.1. The number of fused-ring (bicyclic) bond motifs is 3. The lowest BCUT2D eigenvalue weighted by Gasteiger charge is -2.44. The average Bonchev–Trinajstić information content (AvgIpc) is 3.13. The lowest BCUT2D eigenvalue weighted by atomic mass is 9.85. The van der Waals surface area contributed by atoms with Crippen LogP contribution >= 0.6 is 0 Å². The number of benzene rings is 1. The molecule has 2 aliphatic heterocycles. The topological polar surface area (TPSA) is 76.2 Å². The van der Waals surface area contributed by atoms with E-state index in [0.29, 0.717) is 43.2 Å². The molecule has 2 aromatic heterocycles. The first-order valence-corrected chi connectivity index (χ1v) is 9.30. The summed E-state index contributed by atoms with van der Waals surface area (Å²) in [5.74, 6) is -0.797. The van der Waals surface area contributed by atoms with Crippen molar-refractivity contribution in [2.75, 3.05) is 26.3 Å². The van der Waals surface area contributed by atoms with Crippen LogP contribution < -0.4 is 4.74 Å². The van der Waals surface area contributed by atoms with Gasteiger partial charge in [0.2, 0.25) is 5.88 Å². The van der Waals surface area contributed by atoms with E-state index in [-0.39, 0.29) is 23.6 Å². The predicted octanol–water partition coefficient (Wildman–Crippen LogP) is 2.51. The second-order valence-corrected chi connectivity index (χ2v) is 7.34. The van der Waals surface area contributed by atoms with E-state index in [2.05, 4.69) is 16.2 Å². The SMILES string of the molecule is N#CN1CC2COCC(C1)C2Oc1ncnc2c1ccn2-c1ccc(F)cc1F. The lowest BCUT2D eigenvalue weighted by Crippen LogP contribution is -2.56. The predicted molar refractivity (Wildman–Crippen MR) is 98.2 cm³/mol. The van der Waals surface area contributed by atoms with Gasteiger partial charge in [-0.3, -0.25) is 4.57 Å². The quantitative estimate of drug-likeness (QED) is 0.632. The first kappa shape index (κ1) is 17.8. The summed E-state index contributed by atoms with van der Waals surface area (Å²) in [6.07, 6.45) is 5.11. The number of rotatable bonds is 3. The Kier molecular flexibility index (Phi) is 4.28. The molecule has 4 heterocycles. The van der Waals surface area contributed by atoms with Gasteiger partial charge in [0.05, 0.1) is 24.3 Å². The van der Waals surface area contributed by atoms with Crippen LogP contribution in [0.3, 0.4) is 0 Å². The maximum atomic E-state index is 14.3. The second-order valence-electron chi connectivity index (χ2n) is 7.34. The van der Waals surface area contributed by atoms with Crippen molar-refractivity contribution < 1.29 is 18.3 Å². The van der Waals surface area contributed by atoms with Crippen LogP contribution in [0, 0.1) is 34.9 Å². The van der Waals surface area contributed by atoms with Gasteiger partial charge in [0, 0.05) is 37.2 Å². The van der Waals surface area contributed by atoms with E-state index in [1.165, 1.54) is 18.5 Å². The number of hydrogen-bond acceptors (Lipinski definition) is 6. The van der Waals surface area contributed by atoms with Crippen molar-refractivity contribution in [1.29, 1.82) is 5.26 Å². The Morgan fingerprint density at radius 1 is 1.14 bits per heavy atom. The van der Waals surface area contributed by atoms with E-state index >= 15 is 0 Å². The van der Waals surface area contributed by atoms with Crippen LogP contribution in [0.15, 0.2) is 36.8 Å². The fraction of sp³-hybridized carbons (Fsp3) is 0.350. The zero-order valence-electron chi connectivity index (χ0n) is 15.3. The van der Waals surface area contributed by atoms with Crippen LogP contribution in [0.5, 0.6) is 5.88 Å². The summed E-state index contributed by atoms with van der Waals surface area (Å²) >= 11 is 0. The van der Waals surface area contributed by atoms with Crippen molar-refractivity contribution >= 4 is 11.0 Å². The van der Waals surface area contributed by atoms with E-state index < -0.39 is 11.6 Å². The Hall–Kier alpha value is -3.25. The van der Waals surface area contributed by atoms with Gasteiger partial charge in [-0.1, -0.05) is 0 Å². The van der Waals surface area contributed by atoms with Crippen molar-refractivity contribution in [3.05, 3.63) is 48.4 Å². The minimum absolute atomic E-state index is 0.0591. The van der Waals surface area contributed by atoms with E-state index in [9.17, 15) is 14.0 Å². The normalized spacial score (nSPS) is 23.8. The molecule has 148 valence electrons. The van der Waals surface area contributed by atoms with E-state index in [1.807, 2.05) is 0 Å². The highest BCUT2D eigenvalue weighted by atomic mass is 19.1. The number of halogens is 2. The van der Waals surface area contributed by atoms with Crippen molar-refractivity contribution in [3.8, 4) is 17.8 Å². The molecule has 2 saturated heterocycles. The molecule has 3 aromatic rings.